The molecule has 146 valence electrons. The number of hydrogen-bond donors (Lipinski definition) is 2. The Morgan fingerprint density at radius 2 is 2.00 bits per heavy atom. The van der Waals surface area contributed by atoms with E-state index in [-0.39, 0.29) is 11.9 Å². The fourth-order valence-corrected chi connectivity index (χ4v) is 10.7. The summed E-state index contributed by atoms with van der Waals surface area (Å²) in [5.74, 6) is -0.110. The third-order valence-corrected chi connectivity index (χ3v) is 12.6. The molecule has 26 heavy (non-hydrogen) atoms. The van der Waals surface area contributed by atoms with E-state index in [2.05, 4.69) is 12.1 Å². The van der Waals surface area contributed by atoms with Crippen LogP contribution in [0.5, 0.6) is 0 Å². The van der Waals surface area contributed by atoms with Gasteiger partial charge in [-0.05, 0) is 0 Å². The molecule has 0 amide bonds. The van der Waals surface area contributed by atoms with E-state index < -0.39 is 20.3 Å². The van der Waals surface area contributed by atoms with Crippen molar-refractivity contribution in [3.8, 4) is 0 Å². The van der Waals surface area contributed by atoms with Crippen molar-refractivity contribution >= 4 is 30.7 Å². The molecule has 0 aromatic heterocycles. The van der Waals surface area contributed by atoms with E-state index in [0.29, 0.717) is 6.42 Å². The van der Waals surface area contributed by atoms with E-state index in [9.17, 15) is 9.90 Å². The summed E-state index contributed by atoms with van der Waals surface area (Å²) in [6, 6.07) is 6.34. The normalized spacial score (nSPS) is 18.3. The Hall–Kier alpha value is -0.992. The third kappa shape index (κ3) is 6.03. The SMILES string of the molecule is COC(=O)CC(C)c1ccc([As](CC(C)(C)O)C2CCCCC2)c(N)c1. The monoisotopic (exact) mass is 423 g/mol. The zero-order valence-electron chi connectivity index (χ0n) is 16.6. The van der Waals surface area contributed by atoms with Crippen molar-refractivity contribution in [3.05, 3.63) is 23.8 Å². The minimum atomic E-state index is -1.47. The molecule has 2 atom stereocenters. The molecule has 0 saturated heterocycles. The average molecular weight is 423 g/mol. The predicted molar refractivity (Wildman–Crippen MR) is 109 cm³/mol. The molecule has 1 fully saturated rings. The number of carbonyl (C=O) groups excluding carboxylic acids is 1. The van der Waals surface area contributed by atoms with Gasteiger partial charge >= 0.3 is 163 Å². The quantitative estimate of drug-likeness (QED) is 0.398. The molecule has 0 radical (unpaired) electrons. The van der Waals surface area contributed by atoms with Crippen molar-refractivity contribution < 1.29 is 14.6 Å². The molecule has 2 rings (SSSR count). The van der Waals surface area contributed by atoms with Gasteiger partial charge in [0.15, 0.2) is 0 Å². The van der Waals surface area contributed by atoms with Crippen molar-refractivity contribution in [2.75, 3.05) is 12.8 Å². The molecular formula is C21H34AsNO3. The number of hydrogen-bond acceptors (Lipinski definition) is 4. The van der Waals surface area contributed by atoms with Crippen molar-refractivity contribution in [1.29, 1.82) is 0 Å². The number of nitrogen functional groups attached to an aromatic ring is 1. The van der Waals surface area contributed by atoms with Crippen molar-refractivity contribution in [2.24, 2.45) is 0 Å². The van der Waals surface area contributed by atoms with E-state index in [1.165, 1.54) is 43.6 Å². The van der Waals surface area contributed by atoms with Crippen LogP contribution in [0.3, 0.4) is 0 Å². The summed E-state index contributed by atoms with van der Waals surface area (Å²) in [6.07, 6.45) is 6.85. The van der Waals surface area contributed by atoms with Crippen LogP contribution in [0.1, 0.15) is 70.8 Å². The number of esters is 1. The van der Waals surface area contributed by atoms with Crippen LogP contribution in [0.25, 0.3) is 0 Å². The first-order chi connectivity index (χ1) is 12.2. The van der Waals surface area contributed by atoms with Gasteiger partial charge in [-0.3, -0.25) is 0 Å². The van der Waals surface area contributed by atoms with Gasteiger partial charge in [0.25, 0.3) is 0 Å². The van der Waals surface area contributed by atoms with Gasteiger partial charge in [0.05, 0.1) is 0 Å². The van der Waals surface area contributed by atoms with Crippen LogP contribution in [0.2, 0.25) is 9.91 Å². The number of nitrogens with two attached hydrogens (primary N) is 1. The van der Waals surface area contributed by atoms with Crippen LogP contribution in [-0.2, 0) is 9.53 Å². The molecule has 1 aromatic rings. The van der Waals surface area contributed by atoms with Crippen LogP contribution in [0.15, 0.2) is 18.2 Å². The summed E-state index contributed by atoms with van der Waals surface area (Å²) in [5.41, 5.74) is 7.76. The zero-order chi connectivity index (χ0) is 19.3. The number of carbonyl (C=O) groups is 1. The first-order valence-electron chi connectivity index (χ1n) is 9.66. The average Bonchev–Trinajstić information content (AvgIpc) is 2.59. The Kier molecular flexibility index (Phi) is 7.61. The molecule has 0 aliphatic heterocycles. The van der Waals surface area contributed by atoms with E-state index in [0.717, 1.165) is 21.2 Å². The molecule has 0 heterocycles. The molecule has 1 aliphatic carbocycles. The van der Waals surface area contributed by atoms with E-state index in [1.807, 2.05) is 26.8 Å². The van der Waals surface area contributed by atoms with Crippen LogP contribution in [-0.4, -0.2) is 38.4 Å². The summed E-state index contributed by atoms with van der Waals surface area (Å²) in [7, 11) is 1.42. The molecule has 0 spiro atoms. The van der Waals surface area contributed by atoms with Crippen molar-refractivity contribution in [3.63, 3.8) is 0 Å². The maximum absolute atomic E-state index is 11.5. The van der Waals surface area contributed by atoms with Crippen LogP contribution < -0.4 is 10.1 Å². The molecular weight excluding hydrogens is 389 g/mol. The molecule has 0 bridgehead atoms. The van der Waals surface area contributed by atoms with Crippen LogP contribution in [0, 0.1) is 0 Å². The number of anilines is 1. The van der Waals surface area contributed by atoms with E-state index in [4.69, 9.17) is 10.5 Å². The van der Waals surface area contributed by atoms with Gasteiger partial charge in [0.1, 0.15) is 0 Å². The van der Waals surface area contributed by atoms with Crippen molar-refractivity contribution in [2.45, 2.75) is 80.7 Å². The maximum atomic E-state index is 11.5. The minimum absolute atomic E-state index is 0.0868. The summed E-state index contributed by atoms with van der Waals surface area (Å²) >= 11 is -1.47. The number of methoxy groups -OCH3 is 1. The topological polar surface area (TPSA) is 72.5 Å². The second-order valence-corrected chi connectivity index (χ2v) is 13.4. The van der Waals surface area contributed by atoms with Gasteiger partial charge in [-0.1, -0.05) is 0 Å². The number of benzene rings is 1. The first kappa shape index (κ1) is 21.3. The number of rotatable bonds is 7. The Balaban J connectivity index is 2.25. The molecule has 1 aliphatic rings. The molecule has 1 aromatic carbocycles. The molecule has 3 N–H and O–H groups in total. The van der Waals surface area contributed by atoms with Gasteiger partial charge in [-0.2, -0.15) is 0 Å². The standard InChI is InChI=1S/C21H34AsNO3/c1-15(12-20(24)26-4)16-10-11-18(19(23)13-16)22(14-21(2,3)25)17-8-6-5-7-9-17/h10-11,13,15,17,25H,5-9,12,14,23H2,1-4H3. The van der Waals surface area contributed by atoms with Crippen LogP contribution in [0.4, 0.5) is 5.69 Å². The molecule has 1 saturated carbocycles. The second-order valence-electron chi connectivity index (χ2n) is 8.23. The number of aliphatic hydroxyl groups is 1. The first-order valence-corrected chi connectivity index (χ1v) is 13.0. The Labute approximate surface area is 162 Å². The third-order valence-electron chi connectivity index (χ3n) is 5.20. The van der Waals surface area contributed by atoms with Gasteiger partial charge < -0.3 is 0 Å². The Bertz CT molecular complexity index is 606. The fraction of sp³-hybridized carbons (Fsp3) is 0.667. The Morgan fingerprint density at radius 1 is 1.35 bits per heavy atom. The Morgan fingerprint density at radius 3 is 2.54 bits per heavy atom. The van der Waals surface area contributed by atoms with Gasteiger partial charge in [-0.25, -0.2) is 0 Å². The zero-order valence-corrected chi connectivity index (χ0v) is 18.5. The second kappa shape index (κ2) is 9.28. The summed E-state index contributed by atoms with van der Waals surface area (Å²) in [6.45, 7) is 5.86. The van der Waals surface area contributed by atoms with Gasteiger partial charge in [0, 0.05) is 0 Å². The molecule has 4 nitrogen and oxygen atoms in total. The summed E-state index contributed by atoms with van der Waals surface area (Å²) < 4.78 is 6.80. The molecule has 2 unspecified atom stereocenters. The summed E-state index contributed by atoms with van der Waals surface area (Å²) in [5, 5.41) is 11.4. The molecule has 5 heteroatoms. The fourth-order valence-electron chi connectivity index (χ4n) is 3.81. The number of ether oxygens (including phenoxy) is 1. The van der Waals surface area contributed by atoms with E-state index >= 15 is 0 Å². The van der Waals surface area contributed by atoms with Crippen LogP contribution >= 0.6 is 0 Å². The summed E-state index contributed by atoms with van der Waals surface area (Å²) in [4.78, 5) is 11.5. The van der Waals surface area contributed by atoms with Gasteiger partial charge in [-0.15, -0.1) is 0 Å². The van der Waals surface area contributed by atoms with Crippen molar-refractivity contribution in [1.82, 2.24) is 0 Å². The predicted octanol–water partition coefficient (Wildman–Crippen LogP) is 3.74. The van der Waals surface area contributed by atoms with E-state index in [1.54, 1.807) is 0 Å². The van der Waals surface area contributed by atoms with Gasteiger partial charge in [0.2, 0.25) is 0 Å².